The summed E-state index contributed by atoms with van der Waals surface area (Å²) >= 11 is 0. The number of piperidine rings is 1. The molecular weight excluding hydrogens is 450 g/mol. The highest BCUT2D eigenvalue weighted by Gasteiger charge is 2.39. The number of rotatable bonds is 5. The van der Waals surface area contributed by atoms with Crippen molar-refractivity contribution >= 4 is 28.7 Å². The number of hydrogen-bond acceptors (Lipinski definition) is 6. The number of carbonyl (C=O) groups is 2. The van der Waals surface area contributed by atoms with Gasteiger partial charge in [0.15, 0.2) is 5.65 Å². The van der Waals surface area contributed by atoms with Gasteiger partial charge in [0.2, 0.25) is 5.91 Å². The van der Waals surface area contributed by atoms with Crippen molar-refractivity contribution in [3.63, 3.8) is 0 Å². The Kier molecular flexibility index (Phi) is 5.79. The summed E-state index contributed by atoms with van der Waals surface area (Å²) < 4.78 is 2.96. The predicted molar refractivity (Wildman–Crippen MR) is 129 cm³/mol. The lowest BCUT2D eigenvalue weighted by atomic mass is 9.91. The molecule has 1 saturated heterocycles. The first-order valence-corrected chi connectivity index (χ1v) is 11.8. The fourth-order valence-electron chi connectivity index (χ4n) is 4.41. The third-order valence-electron chi connectivity index (χ3n) is 6.70. The number of aromatic nitrogens is 4. The van der Waals surface area contributed by atoms with E-state index in [0.29, 0.717) is 48.3 Å². The maximum Gasteiger partial charge on any atom is 0.321 e. The average Bonchev–Trinajstić information content (AvgIpc) is 3.60. The van der Waals surface area contributed by atoms with E-state index in [1.807, 2.05) is 11.0 Å². The lowest BCUT2D eigenvalue weighted by molar-refractivity contribution is -0.137. The molecule has 3 aromatic rings. The summed E-state index contributed by atoms with van der Waals surface area (Å²) in [5, 5.41) is 18.6. The van der Waals surface area contributed by atoms with Crippen molar-refractivity contribution in [3.8, 4) is 5.69 Å². The number of fused-ring (bicyclic) bond motifs is 1. The second-order valence-electron chi connectivity index (χ2n) is 9.67. The molecule has 5 rings (SSSR count). The van der Waals surface area contributed by atoms with Crippen LogP contribution in [-0.2, 0) is 11.3 Å². The second kappa shape index (κ2) is 8.81. The van der Waals surface area contributed by atoms with E-state index in [9.17, 15) is 19.5 Å². The van der Waals surface area contributed by atoms with Crippen molar-refractivity contribution in [2.24, 2.45) is 5.92 Å². The lowest BCUT2D eigenvalue weighted by Gasteiger charge is -2.38. The Labute approximate surface area is 202 Å². The highest BCUT2D eigenvalue weighted by molar-refractivity contribution is 5.89. The summed E-state index contributed by atoms with van der Waals surface area (Å²) in [6.45, 7) is 1.10. The number of nitrogens with one attached hydrogen (secondary N) is 1. The normalized spacial score (nSPS) is 17.4. The predicted octanol–water partition coefficient (Wildman–Crippen LogP) is 1.44. The van der Waals surface area contributed by atoms with Crippen LogP contribution in [0.2, 0.25) is 0 Å². The number of benzene rings is 1. The van der Waals surface area contributed by atoms with Gasteiger partial charge in [0.25, 0.3) is 5.56 Å². The zero-order valence-electron chi connectivity index (χ0n) is 19.8. The number of amides is 3. The molecule has 3 amide bonds. The minimum Gasteiger partial charge on any atom is -0.388 e. The van der Waals surface area contributed by atoms with E-state index in [1.54, 1.807) is 37.0 Å². The van der Waals surface area contributed by atoms with Gasteiger partial charge >= 0.3 is 6.03 Å². The standard InChI is InChI=1S/C24H29N7O4/c1-28(2)23(34)27-17-4-3-5-18(12-17)31-20-19(13-26-31)22(33)30(15-25-20)14-24(35)8-10-29(11-9-24)21(32)16-6-7-16/h3-5,12-13,15-16,35H,6-11,14H2,1-2H3,(H,27,34). The molecule has 0 bridgehead atoms. The quantitative estimate of drug-likeness (QED) is 0.570. The zero-order valence-corrected chi connectivity index (χ0v) is 19.8. The van der Waals surface area contributed by atoms with Crippen LogP contribution in [-0.4, -0.2) is 79.0 Å². The van der Waals surface area contributed by atoms with Crippen LogP contribution >= 0.6 is 0 Å². The van der Waals surface area contributed by atoms with Gasteiger partial charge in [-0.2, -0.15) is 5.10 Å². The van der Waals surface area contributed by atoms with E-state index in [4.69, 9.17) is 0 Å². The summed E-state index contributed by atoms with van der Waals surface area (Å²) in [4.78, 5) is 45.2. The molecule has 2 aliphatic rings. The number of likely N-dealkylation sites (tertiary alicyclic amines) is 1. The molecule has 1 aliphatic carbocycles. The number of carbonyl (C=O) groups excluding carboxylic acids is 2. The molecular formula is C24H29N7O4. The smallest absolute Gasteiger partial charge is 0.321 e. The Morgan fingerprint density at radius 3 is 2.66 bits per heavy atom. The van der Waals surface area contributed by atoms with E-state index in [0.717, 1.165) is 12.8 Å². The summed E-state index contributed by atoms with van der Waals surface area (Å²) in [6.07, 6.45) is 5.65. The molecule has 1 saturated carbocycles. The largest absolute Gasteiger partial charge is 0.388 e. The first kappa shape index (κ1) is 23.0. The molecule has 0 spiro atoms. The molecule has 3 heterocycles. The van der Waals surface area contributed by atoms with Crippen molar-refractivity contribution in [1.82, 2.24) is 29.1 Å². The Morgan fingerprint density at radius 1 is 1.23 bits per heavy atom. The van der Waals surface area contributed by atoms with Gasteiger partial charge in [-0.05, 0) is 43.9 Å². The van der Waals surface area contributed by atoms with Gasteiger partial charge in [-0.1, -0.05) is 6.07 Å². The Bertz CT molecular complexity index is 1330. The van der Waals surface area contributed by atoms with E-state index >= 15 is 0 Å². The molecule has 1 aliphatic heterocycles. The molecule has 2 fully saturated rings. The maximum absolute atomic E-state index is 13.2. The highest BCUT2D eigenvalue weighted by Crippen LogP contribution is 2.33. The van der Waals surface area contributed by atoms with Crippen molar-refractivity contribution in [2.75, 3.05) is 32.5 Å². The van der Waals surface area contributed by atoms with Gasteiger partial charge in [-0.3, -0.25) is 14.2 Å². The minimum atomic E-state index is -1.07. The SMILES string of the molecule is CN(C)C(=O)Nc1cccc(-n2ncc3c(=O)n(CC4(O)CCN(C(=O)C5CC5)CC4)cnc32)c1. The summed E-state index contributed by atoms with van der Waals surface area (Å²) in [7, 11) is 3.31. The summed E-state index contributed by atoms with van der Waals surface area (Å²) in [5.74, 6) is 0.349. The van der Waals surface area contributed by atoms with Crippen LogP contribution in [0.5, 0.6) is 0 Å². The molecule has 0 unspecified atom stereocenters. The first-order valence-electron chi connectivity index (χ1n) is 11.8. The fourth-order valence-corrected chi connectivity index (χ4v) is 4.41. The van der Waals surface area contributed by atoms with Gasteiger partial charge < -0.3 is 20.2 Å². The molecule has 2 aromatic heterocycles. The van der Waals surface area contributed by atoms with Crippen LogP contribution in [0.1, 0.15) is 25.7 Å². The van der Waals surface area contributed by atoms with Crippen molar-refractivity contribution in [3.05, 3.63) is 47.1 Å². The van der Waals surface area contributed by atoms with Gasteiger partial charge in [0.05, 0.1) is 24.0 Å². The Balaban J connectivity index is 1.34. The van der Waals surface area contributed by atoms with Gasteiger partial charge in [-0.15, -0.1) is 0 Å². The topological polar surface area (TPSA) is 126 Å². The average molecular weight is 480 g/mol. The number of hydrogen-bond donors (Lipinski definition) is 2. The van der Waals surface area contributed by atoms with Crippen LogP contribution in [0.4, 0.5) is 10.5 Å². The van der Waals surface area contributed by atoms with Crippen LogP contribution in [0.15, 0.2) is 41.6 Å². The number of anilines is 1. The van der Waals surface area contributed by atoms with Gasteiger partial charge in [0, 0.05) is 38.8 Å². The van der Waals surface area contributed by atoms with Gasteiger partial charge in [0.1, 0.15) is 11.7 Å². The third kappa shape index (κ3) is 4.63. The zero-order chi connectivity index (χ0) is 24.7. The number of nitrogens with zero attached hydrogens (tertiary/aromatic N) is 6. The van der Waals surface area contributed by atoms with Crippen molar-refractivity contribution in [2.45, 2.75) is 37.8 Å². The molecule has 11 heteroatoms. The molecule has 0 atom stereocenters. The van der Waals surface area contributed by atoms with Crippen molar-refractivity contribution in [1.29, 1.82) is 0 Å². The maximum atomic E-state index is 13.2. The van der Waals surface area contributed by atoms with Crippen LogP contribution < -0.4 is 10.9 Å². The second-order valence-corrected chi connectivity index (χ2v) is 9.67. The number of urea groups is 1. The molecule has 35 heavy (non-hydrogen) atoms. The molecule has 1 aromatic carbocycles. The molecule has 0 radical (unpaired) electrons. The Hall–Kier alpha value is -3.73. The summed E-state index contributed by atoms with van der Waals surface area (Å²) in [5.41, 5.74) is 0.260. The molecule has 2 N–H and O–H groups in total. The monoisotopic (exact) mass is 479 g/mol. The minimum absolute atomic E-state index is 0.109. The van der Waals surface area contributed by atoms with Crippen LogP contribution in [0.25, 0.3) is 16.7 Å². The Morgan fingerprint density at radius 2 is 1.97 bits per heavy atom. The fraction of sp³-hybridized carbons (Fsp3) is 0.458. The molecule has 11 nitrogen and oxygen atoms in total. The van der Waals surface area contributed by atoms with Crippen LogP contribution in [0.3, 0.4) is 0 Å². The lowest BCUT2D eigenvalue weighted by Crippen LogP contribution is -2.50. The highest BCUT2D eigenvalue weighted by atomic mass is 16.3. The van der Waals surface area contributed by atoms with E-state index in [1.165, 1.54) is 22.0 Å². The number of aliphatic hydroxyl groups is 1. The van der Waals surface area contributed by atoms with E-state index < -0.39 is 5.60 Å². The van der Waals surface area contributed by atoms with E-state index in [2.05, 4.69) is 15.4 Å². The summed E-state index contributed by atoms with van der Waals surface area (Å²) in [6, 6.07) is 6.85. The van der Waals surface area contributed by atoms with E-state index in [-0.39, 0.29) is 30.0 Å². The van der Waals surface area contributed by atoms with Crippen LogP contribution in [0, 0.1) is 5.92 Å². The first-order chi connectivity index (χ1) is 16.7. The third-order valence-corrected chi connectivity index (χ3v) is 6.70. The van der Waals surface area contributed by atoms with Gasteiger partial charge in [-0.25, -0.2) is 14.5 Å². The molecule has 184 valence electrons. The van der Waals surface area contributed by atoms with Crippen molar-refractivity contribution < 1.29 is 14.7 Å².